The van der Waals surface area contributed by atoms with Crippen molar-refractivity contribution in [3.63, 3.8) is 0 Å². The largest absolute Gasteiger partial charge is 0.0732 e. The summed E-state index contributed by atoms with van der Waals surface area (Å²) < 4.78 is 0. The molecule has 1 aliphatic rings. The minimum Gasteiger partial charge on any atom is -0.0732 e. The van der Waals surface area contributed by atoms with E-state index in [0.29, 0.717) is 5.92 Å². The Bertz CT molecular complexity index is 278. The van der Waals surface area contributed by atoms with E-state index in [0.717, 1.165) is 23.2 Å². The first-order valence-corrected chi connectivity index (χ1v) is 8.42. The van der Waals surface area contributed by atoms with E-state index in [4.69, 9.17) is 8.58 Å². The third-order valence-corrected chi connectivity index (χ3v) is 1.88. The van der Waals surface area contributed by atoms with Crippen molar-refractivity contribution in [2.45, 2.75) is 5.92 Å². The van der Waals surface area contributed by atoms with Crippen LogP contribution in [0.4, 0.5) is 0 Å². The smallest absolute Gasteiger partial charge is 0.0204 e. The molecule has 1 aliphatic carbocycles. The first-order valence-electron chi connectivity index (χ1n) is 3.97. The van der Waals surface area contributed by atoms with E-state index in [2.05, 4.69) is 42.5 Å². The second-order valence-corrected chi connectivity index (χ2v) is 2.63. The molecular formula is C11H9ClHf. The van der Waals surface area contributed by atoms with Crippen LogP contribution in [0.2, 0.25) is 0 Å². The third-order valence-electron chi connectivity index (χ3n) is 1.88. The molecule has 2 rings (SSSR count). The van der Waals surface area contributed by atoms with Gasteiger partial charge in [-0.1, -0.05) is 48.6 Å². The van der Waals surface area contributed by atoms with Crippen LogP contribution in [0, 0.1) is 6.07 Å². The first-order chi connectivity index (χ1) is 6.47. The van der Waals surface area contributed by atoms with Gasteiger partial charge in [-0.05, 0) is 11.6 Å². The van der Waals surface area contributed by atoms with Crippen molar-refractivity contribution in [2.24, 2.45) is 0 Å². The Labute approximate surface area is 97.5 Å². The maximum Gasteiger partial charge on any atom is 0.0204 e. The average Bonchev–Trinajstić information content (AvgIpc) is 2.75. The van der Waals surface area contributed by atoms with Gasteiger partial charge in [-0.25, -0.2) is 0 Å². The standard InChI is InChI=1S/C11H9.ClH.Hf/c1-2-6-10(7-3-1)11-8-4-5-9-11;;/h2-9,11H;1H;/q;;+1/p-1. The van der Waals surface area contributed by atoms with Crippen LogP contribution in [0.5, 0.6) is 0 Å². The van der Waals surface area contributed by atoms with E-state index in [-0.39, 0.29) is 0 Å². The van der Waals surface area contributed by atoms with Crippen molar-refractivity contribution >= 4 is 8.58 Å². The van der Waals surface area contributed by atoms with Crippen molar-refractivity contribution in [1.29, 1.82) is 0 Å². The van der Waals surface area contributed by atoms with Gasteiger partial charge in [-0.2, -0.15) is 0 Å². The molecule has 13 heavy (non-hydrogen) atoms. The van der Waals surface area contributed by atoms with Gasteiger partial charge in [0.05, 0.1) is 0 Å². The molecule has 64 valence electrons. The maximum absolute atomic E-state index is 4.78. The van der Waals surface area contributed by atoms with Crippen molar-refractivity contribution in [2.75, 3.05) is 0 Å². The predicted molar refractivity (Wildman–Crippen MR) is 52.2 cm³/mol. The fourth-order valence-electron chi connectivity index (χ4n) is 1.28. The molecule has 0 bridgehead atoms. The molecule has 1 radical (unpaired) electrons. The van der Waals surface area contributed by atoms with Gasteiger partial charge in [-0.15, -0.1) is 0 Å². The van der Waals surface area contributed by atoms with Crippen LogP contribution in [0.1, 0.15) is 11.5 Å². The SMILES string of the molecule is [Cl][Hf].[c]1ccc(C2C=CC=C2)cc1. The van der Waals surface area contributed by atoms with E-state index in [1.54, 1.807) is 0 Å². The molecule has 0 N–H and O–H groups in total. The van der Waals surface area contributed by atoms with Gasteiger partial charge in [-0.3, -0.25) is 0 Å². The summed E-state index contributed by atoms with van der Waals surface area (Å²) in [5, 5.41) is 0. The van der Waals surface area contributed by atoms with E-state index in [9.17, 15) is 0 Å². The summed E-state index contributed by atoms with van der Waals surface area (Å²) in [7, 11) is 4.78. The molecule has 1 aromatic carbocycles. The van der Waals surface area contributed by atoms with Crippen LogP contribution in [-0.4, -0.2) is 0 Å². The average molecular weight is 355 g/mol. The summed E-state index contributed by atoms with van der Waals surface area (Å²) in [5.41, 5.74) is 1.34. The van der Waals surface area contributed by atoms with Crippen LogP contribution in [0.15, 0.2) is 48.6 Å². The third kappa shape index (κ3) is 3.24. The molecule has 0 aliphatic heterocycles. The molecule has 0 saturated carbocycles. The Morgan fingerprint density at radius 2 is 1.62 bits per heavy atom. The van der Waals surface area contributed by atoms with E-state index < -0.39 is 0 Å². The van der Waals surface area contributed by atoms with Gasteiger partial charge in [0.25, 0.3) is 0 Å². The summed E-state index contributed by atoms with van der Waals surface area (Å²) >= 11 is 0.778. The van der Waals surface area contributed by atoms with Crippen LogP contribution in [-0.2, 0) is 23.2 Å². The summed E-state index contributed by atoms with van der Waals surface area (Å²) in [5.74, 6) is 0.490. The maximum atomic E-state index is 4.78. The number of hydrogen-bond acceptors (Lipinski definition) is 0. The molecule has 0 fully saturated rings. The van der Waals surface area contributed by atoms with E-state index in [1.165, 1.54) is 5.56 Å². The minimum atomic E-state index is 0.490. The van der Waals surface area contributed by atoms with E-state index in [1.807, 2.05) is 12.1 Å². The topological polar surface area (TPSA) is 0 Å². The van der Waals surface area contributed by atoms with E-state index >= 15 is 0 Å². The number of halogens is 1. The first kappa shape index (κ1) is 10.9. The monoisotopic (exact) mass is 356 g/mol. The Morgan fingerprint density at radius 1 is 1.08 bits per heavy atom. The summed E-state index contributed by atoms with van der Waals surface area (Å²) in [4.78, 5) is 0. The molecule has 0 saturated heterocycles. The molecule has 0 unspecified atom stereocenters. The molecule has 0 aromatic heterocycles. The molecule has 0 spiro atoms. The summed E-state index contributed by atoms with van der Waals surface area (Å²) in [6.07, 6.45) is 8.55. The van der Waals surface area contributed by atoms with Gasteiger partial charge in [0, 0.05) is 5.92 Å². The Hall–Kier alpha value is -0.140. The Morgan fingerprint density at radius 3 is 2.15 bits per heavy atom. The normalized spacial score (nSPS) is 13.8. The van der Waals surface area contributed by atoms with Gasteiger partial charge < -0.3 is 0 Å². The fourth-order valence-corrected chi connectivity index (χ4v) is 1.28. The fraction of sp³-hybridized carbons (Fsp3) is 0.0909. The molecule has 0 amide bonds. The molecule has 0 heterocycles. The number of rotatable bonds is 1. The second kappa shape index (κ2) is 6.33. The van der Waals surface area contributed by atoms with Crippen LogP contribution >= 0.6 is 8.58 Å². The zero-order valence-electron chi connectivity index (χ0n) is 7.07. The van der Waals surface area contributed by atoms with Gasteiger partial charge in [0.15, 0.2) is 0 Å². The number of benzene rings is 1. The quantitative estimate of drug-likeness (QED) is 0.678. The van der Waals surface area contributed by atoms with Crippen LogP contribution in [0.25, 0.3) is 0 Å². The molecule has 0 nitrogen and oxygen atoms in total. The van der Waals surface area contributed by atoms with Crippen LogP contribution in [0.3, 0.4) is 0 Å². The van der Waals surface area contributed by atoms with Crippen LogP contribution < -0.4 is 0 Å². The predicted octanol–water partition coefficient (Wildman–Crippen LogP) is 3.38. The van der Waals surface area contributed by atoms with Gasteiger partial charge >= 0.3 is 31.8 Å². The Balaban J connectivity index is 0.000000396. The van der Waals surface area contributed by atoms with Gasteiger partial charge in [0.2, 0.25) is 0 Å². The number of hydrogen-bond donors (Lipinski definition) is 0. The Kier molecular flexibility index (Phi) is 5.33. The molecule has 1 aromatic rings. The summed E-state index contributed by atoms with van der Waals surface area (Å²) in [6.45, 7) is 0. The van der Waals surface area contributed by atoms with Crippen molar-refractivity contribution < 1.29 is 23.2 Å². The zero-order chi connectivity index (χ0) is 9.52. The minimum absolute atomic E-state index is 0.490. The molecular weight excluding hydrogens is 346 g/mol. The molecule has 0 atom stereocenters. The van der Waals surface area contributed by atoms with Crippen molar-refractivity contribution in [1.82, 2.24) is 0 Å². The van der Waals surface area contributed by atoms with Crippen molar-refractivity contribution in [3.05, 3.63) is 60.2 Å². The molecule has 2 heteroatoms. The van der Waals surface area contributed by atoms with Crippen molar-refractivity contribution in [3.8, 4) is 0 Å². The van der Waals surface area contributed by atoms with Gasteiger partial charge in [0.1, 0.15) is 0 Å². The second-order valence-electron chi connectivity index (χ2n) is 2.63. The summed E-state index contributed by atoms with van der Waals surface area (Å²) in [6, 6.07) is 11.1. The number of allylic oxidation sites excluding steroid dienone is 4. The zero-order valence-corrected chi connectivity index (χ0v) is 11.4.